The molecule has 1 heterocycles. The zero-order valence-electron chi connectivity index (χ0n) is 12.2. The van der Waals surface area contributed by atoms with Crippen molar-refractivity contribution in [1.29, 1.82) is 0 Å². The van der Waals surface area contributed by atoms with Gasteiger partial charge in [-0.2, -0.15) is 0 Å². The first-order chi connectivity index (χ1) is 11.1. The van der Waals surface area contributed by atoms with Gasteiger partial charge in [-0.15, -0.1) is 0 Å². The van der Waals surface area contributed by atoms with Crippen molar-refractivity contribution >= 4 is 22.6 Å². The third-order valence-electron chi connectivity index (χ3n) is 3.46. The molecule has 0 aliphatic heterocycles. The number of aromatic nitrogens is 1. The van der Waals surface area contributed by atoms with Crippen molar-refractivity contribution in [2.75, 3.05) is 7.11 Å². The highest BCUT2D eigenvalue weighted by Crippen LogP contribution is 2.28. The summed E-state index contributed by atoms with van der Waals surface area (Å²) in [6, 6.07) is 15.0. The monoisotopic (exact) mass is 308 g/mol. The third kappa shape index (κ3) is 2.74. The molecule has 0 aliphatic rings. The Bertz CT molecular complexity index is 921. The number of para-hydroxylation sites is 1. The van der Waals surface area contributed by atoms with Crippen molar-refractivity contribution in [3.8, 4) is 11.3 Å². The lowest BCUT2D eigenvalue weighted by atomic mass is 10.0. The number of rotatable bonds is 3. The molecule has 114 valence electrons. The van der Waals surface area contributed by atoms with Gasteiger partial charge < -0.3 is 4.74 Å². The Balaban J connectivity index is 2.28. The fourth-order valence-electron chi connectivity index (χ4n) is 2.37. The number of benzene rings is 2. The number of non-ortho nitro benzene ring substituents is 1. The van der Waals surface area contributed by atoms with Gasteiger partial charge in [0.25, 0.3) is 5.69 Å². The fraction of sp³-hybridized carbons (Fsp3) is 0.0588. The molecule has 0 radical (unpaired) electrons. The lowest BCUT2D eigenvalue weighted by Crippen LogP contribution is -2.05. The first-order valence-corrected chi connectivity index (χ1v) is 6.83. The van der Waals surface area contributed by atoms with E-state index in [4.69, 9.17) is 4.74 Å². The molecule has 0 N–H and O–H groups in total. The topological polar surface area (TPSA) is 82.3 Å². The zero-order chi connectivity index (χ0) is 16.4. The van der Waals surface area contributed by atoms with Crippen molar-refractivity contribution in [3.63, 3.8) is 0 Å². The van der Waals surface area contributed by atoms with Crippen molar-refractivity contribution in [3.05, 3.63) is 70.3 Å². The quantitative estimate of drug-likeness (QED) is 0.419. The van der Waals surface area contributed by atoms with E-state index in [9.17, 15) is 14.9 Å². The van der Waals surface area contributed by atoms with Crippen LogP contribution in [0.2, 0.25) is 0 Å². The minimum atomic E-state index is -0.537. The van der Waals surface area contributed by atoms with Crippen LogP contribution in [0.25, 0.3) is 22.2 Å². The van der Waals surface area contributed by atoms with Crippen LogP contribution in [0.3, 0.4) is 0 Å². The second kappa shape index (κ2) is 5.84. The largest absolute Gasteiger partial charge is 0.465 e. The van der Waals surface area contributed by atoms with Crippen LogP contribution >= 0.6 is 0 Å². The molecule has 2 aromatic carbocycles. The number of hydrogen-bond acceptors (Lipinski definition) is 5. The molecule has 0 fully saturated rings. The van der Waals surface area contributed by atoms with Crippen LogP contribution in [0, 0.1) is 10.1 Å². The zero-order valence-corrected chi connectivity index (χ0v) is 12.2. The van der Waals surface area contributed by atoms with Crippen LogP contribution in [-0.4, -0.2) is 23.0 Å². The van der Waals surface area contributed by atoms with Crippen molar-refractivity contribution < 1.29 is 14.5 Å². The number of nitro groups is 1. The number of carbonyl (C=O) groups excluding carboxylic acids is 1. The number of methoxy groups -OCH3 is 1. The maximum Gasteiger partial charge on any atom is 0.340 e. The van der Waals surface area contributed by atoms with Gasteiger partial charge in [-0.25, -0.2) is 9.78 Å². The maximum atomic E-state index is 12.1. The Morgan fingerprint density at radius 1 is 1.13 bits per heavy atom. The molecule has 0 amide bonds. The fourth-order valence-corrected chi connectivity index (χ4v) is 2.37. The summed E-state index contributed by atoms with van der Waals surface area (Å²) in [5, 5.41) is 11.8. The average Bonchev–Trinajstić information content (AvgIpc) is 2.60. The van der Waals surface area contributed by atoms with Gasteiger partial charge in [0, 0.05) is 23.1 Å². The molecule has 0 saturated carbocycles. The van der Waals surface area contributed by atoms with E-state index in [1.807, 2.05) is 24.3 Å². The number of esters is 1. The third-order valence-corrected chi connectivity index (χ3v) is 3.46. The van der Waals surface area contributed by atoms with Crippen LogP contribution in [0.15, 0.2) is 54.6 Å². The van der Waals surface area contributed by atoms with Crippen LogP contribution in [0.1, 0.15) is 10.4 Å². The SMILES string of the molecule is COC(=O)c1cc2ccccc2nc1-c1cccc([N+](=O)[O-])c1. The molecule has 1 aromatic heterocycles. The van der Waals surface area contributed by atoms with E-state index in [2.05, 4.69) is 4.98 Å². The molecule has 6 heteroatoms. The van der Waals surface area contributed by atoms with E-state index in [-0.39, 0.29) is 11.3 Å². The molecule has 3 aromatic rings. The average molecular weight is 308 g/mol. The molecule has 0 bridgehead atoms. The first-order valence-electron chi connectivity index (χ1n) is 6.83. The Kier molecular flexibility index (Phi) is 3.72. The summed E-state index contributed by atoms with van der Waals surface area (Å²) in [6.45, 7) is 0. The standard InChI is InChI=1S/C17H12N2O4/c1-23-17(20)14-10-11-5-2-3-8-15(11)18-16(14)12-6-4-7-13(9-12)19(21)22/h2-10H,1H3. The van der Waals surface area contributed by atoms with Gasteiger partial charge in [0.15, 0.2) is 0 Å². The highest BCUT2D eigenvalue weighted by atomic mass is 16.6. The summed E-state index contributed by atoms with van der Waals surface area (Å²) in [5.41, 5.74) is 1.76. The minimum absolute atomic E-state index is 0.0618. The number of ether oxygens (including phenoxy) is 1. The maximum absolute atomic E-state index is 12.1. The number of nitro benzene ring substituents is 1. The number of nitrogens with zero attached hydrogens (tertiary/aromatic N) is 2. The predicted molar refractivity (Wildman–Crippen MR) is 85.2 cm³/mol. The number of hydrogen-bond donors (Lipinski definition) is 0. The molecule has 0 saturated heterocycles. The van der Waals surface area contributed by atoms with Crippen molar-refractivity contribution in [2.45, 2.75) is 0 Å². The molecule has 0 aliphatic carbocycles. The highest BCUT2D eigenvalue weighted by molar-refractivity contribution is 6.00. The van der Waals surface area contributed by atoms with E-state index in [1.165, 1.54) is 19.2 Å². The van der Waals surface area contributed by atoms with Gasteiger partial charge in [0.2, 0.25) is 0 Å². The van der Waals surface area contributed by atoms with Crippen LogP contribution < -0.4 is 0 Å². The highest BCUT2D eigenvalue weighted by Gasteiger charge is 2.18. The van der Waals surface area contributed by atoms with E-state index < -0.39 is 10.9 Å². The molecule has 23 heavy (non-hydrogen) atoms. The van der Waals surface area contributed by atoms with Gasteiger partial charge in [0.1, 0.15) is 0 Å². The van der Waals surface area contributed by atoms with Crippen LogP contribution in [0.4, 0.5) is 5.69 Å². The summed E-state index contributed by atoms with van der Waals surface area (Å²) < 4.78 is 4.81. The normalized spacial score (nSPS) is 10.5. The summed E-state index contributed by atoms with van der Waals surface area (Å²) in [4.78, 5) is 27.0. The number of fused-ring (bicyclic) bond motifs is 1. The Hall–Kier alpha value is -3.28. The first kappa shape index (κ1) is 14.6. The second-order valence-corrected chi connectivity index (χ2v) is 4.88. The van der Waals surface area contributed by atoms with Gasteiger partial charge in [-0.1, -0.05) is 30.3 Å². The van der Waals surface area contributed by atoms with E-state index in [0.717, 1.165) is 5.39 Å². The molecular weight excluding hydrogens is 296 g/mol. The molecule has 0 unspecified atom stereocenters. The van der Waals surface area contributed by atoms with Crippen molar-refractivity contribution in [1.82, 2.24) is 4.98 Å². The molecule has 0 atom stereocenters. The van der Waals surface area contributed by atoms with Gasteiger partial charge in [-0.05, 0) is 12.1 Å². The van der Waals surface area contributed by atoms with Gasteiger partial charge >= 0.3 is 5.97 Å². The van der Waals surface area contributed by atoms with Crippen molar-refractivity contribution in [2.24, 2.45) is 0 Å². The number of pyridine rings is 1. The molecule has 6 nitrogen and oxygen atoms in total. The van der Waals surface area contributed by atoms with E-state index in [1.54, 1.807) is 18.2 Å². The van der Waals surface area contributed by atoms with E-state index >= 15 is 0 Å². The summed E-state index contributed by atoms with van der Waals surface area (Å²) in [6.07, 6.45) is 0. The van der Waals surface area contributed by atoms with Gasteiger partial charge in [-0.3, -0.25) is 10.1 Å². The Labute approximate surface area is 131 Å². The summed E-state index contributed by atoms with van der Waals surface area (Å²) in [7, 11) is 1.29. The van der Waals surface area contributed by atoms with Crippen LogP contribution in [-0.2, 0) is 4.74 Å². The Morgan fingerprint density at radius 2 is 1.91 bits per heavy atom. The molecule has 0 spiro atoms. The minimum Gasteiger partial charge on any atom is -0.465 e. The molecule has 3 rings (SSSR count). The van der Waals surface area contributed by atoms with Gasteiger partial charge in [0.05, 0.1) is 28.8 Å². The number of carbonyl (C=O) groups is 1. The smallest absolute Gasteiger partial charge is 0.340 e. The second-order valence-electron chi connectivity index (χ2n) is 4.88. The van der Waals surface area contributed by atoms with Crippen LogP contribution in [0.5, 0.6) is 0 Å². The predicted octanol–water partition coefficient (Wildman–Crippen LogP) is 3.60. The summed E-state index contributed by atoms with van der Waals surface area (Å²) in [5.74, 6) is -0.537. The summed E-state index contributed by atoms with van der Waals surface area (Å²) >= 11 is 0. The lowest BCUT2D eigenvalue weighted by molar-refractivity contribution is -0.384. The van der Waals surface area contributed by atoms with E-state index in [0.29, 0.717) is 16.8 Å². The Morgan fingerprint density at radius 3 is 2.65 bits per heavy atom. The lowest BCUT2D eigenvalue weighted by Gasteiger charge is -2.09. The molecular formula is C17H12N2O4.